The molecule has 6 heteroatoms. The lowest BCUT2D eigenvalue weighted by Crippen LogP contribution is -2.30. The number of hydrogen-bond donors (Lipinski definition) is 2. The molecule has 0 atom stereocenters. The summed E-state index contributed by atoms with van der Waals surface area (Å²) in [6.45, 7) is 1.84. The molecule has 1 aliphatic rings. The molecule has 1 heterocycles. The third-order valence-corrected chi connectivity index (χ3v) is 4.21. The van der Waals surface area contributed by atoms with Crippen LogP contribution in [0.5, 0.6) is 0 Å². The minimum absolute atomic E-state index is 0.0664. The molecule has 1 aliphatic heterocycles. The second-order valence-electron chi connectivity index (χ2n) is 6.27. The number of aryl methyl sites for hydroxylation is 1. The van der Waals surface area contributed by atoms with Crippen molar-refractivity contribution in [3.05, 3.63) is 29.8 Å². The first-order chi connectivity index (χ1) is 12.2. The van der Waals surface area contributed by atoms with Crippen LogP contribution in [0.1, 0.15) is 44.1 Å². The highest BCUT2D eigenvalue weighted by atomic mass is 16.5. The minimum atomic E-state index is -0.357. The number of anilines is 1. The highest BCUT2D eigenvalue weighted by molar-refractivity contribution is 6.19. The Hall–Kier alpha value is -1.92. The number of carbonyl (C=O) groups excluding carboxylic acids is 2. The highest BCUT2D eigenvalue weighted by Gasteiger charge is 2.29. The van der Waals surface area contributed by atoms with Crippen molar-refractivity contribution in [2.45, 2.75) is 44.9 Å². The van der Waals surface area contributed by atoms with Crippen LogP contribution in [0.15, 0.2) is 24.3 Å². The summed E-state index contributed by atoms with van der Waals surface area (Å²) in [5.74, 6) is -0.218. The molecular formula is C19H28N2O4. The number of nitrogens with zero attached hydrogens (tertiary/aromatic N) is 1. The topological polar surface area (TPSA) is 78.9 Å². The van der Waals surface area contributed by atoms with Gasteiger partial charge in [-0.2, -0.15) is 0 Å². The maximum atomic E-state index is 11.8. The van der Waals surface area contributed by atoms with E-state index in [1.807, 2.05) is 18.2 Å². The van der Waals surface area contributed by atoms with Crippen LogP contribution < -0.4 is 10.2 Å². The van der Waals surface area contributed by atoms with E-state index < -0.39 is 0 Å². The zero-order chi connectivity index (χ0) is 17.9. The maximum absolute atomic E-state index is 11.8. The van der Waals surface area contributed by atoms with Gasteiger partial charge in [-0.25, -0.2) is 9.69 Å². The molecule has 0 unspecified atom stereocenters. The summed E-state index contributed by atoms with van der Waals surface area (Å²) in [7, 11) is 0. The molecule has 0 saturated carbocycles. The number of nitrogens with one attached hydrogen (secondary N) is 1. The Kier molecular flexibility index (Phi) is 8.42. The molecule has 138 valence electrons. The molecule has 0 aromatic heterocycles. The molecule has 3 amide bonds. The Morgan fingerprint density at radius 1 is 1.04 bits per heavy atom. The molecule has 6 nitrogen and oxygen atoms in total. The molecule has 2 rings (SSSR count). The minimum Gasteiger partial charge on any atom is -0.396 e. The van der Waals surface area contributed by atoms with Crippen LogP contribution in [0.2, 0.25) is 0 Å². The summed E-state index contributed by atoms with van der Waals surface area (Å²) in [6, 6.07) is 7.19. The van der Waals surface area contributed by atoms with Crippen LogP contribution in [0.4, 0.5) is 10.5 Å². The van der Waals surface area contributed by atoms with Crippen molar-refractivity contribution in [1.82, 2.24) is 5.32 Å². The maximum Gasteiger partial charge on any atom is 0.329 e. The summed E-state index contributed by atoms with van der Waals surface area (Å²) in [6.07, 6.45) is 7.11. The van der Waals surface area contributed by atoms with E-state index in [2.05, 4.69) is 5.32 Å². The fourth-order valence-electron chi connectivity index (χ4n) is 2.86. The van der Waals surface area contributed by atoms with E-state index >= 15 is 0 Å². The second kappa shape index (κ2) is 10.8. The molecule has 1 aromatic carbocycles. The van der Waals surface area contributed by atoms with Gasteiger partial charge in [-0.05, 0) is 43.4 Å². The van der Waals surface area contributed by atoms with E-state index in [-0.39, 0.29) is 25.1 Å². The van der Waals surface area contributed by atoms with Crippen LogP contribution in [0, 0.1) is 0 Å². The van der Waals surface area contributed by atoms with E-state index in [4.69, 9.17) is 9.84 Å². The fourth-order valence-corrected chi connectivity index (χ4v) is 2.86. The summed E-state index contributed by atoms with van der Waals surface area (Å²) in [5, 5.41) is 11.2. The molecule has 25 heavy (non-hydrogen) atoms. The van der Waals surface area contributed by atoms with Crippen LogP contribution in [-0.2, 0) is 16.0 Å². The Labute approximate surface area is 149 Å². The standard InChI is InChI=1S/C19H28N2O4/c22-11-4-2-1-3-5-12-25-13-7-9-16-8-6-10-17(14-16)21-18(23)15-20-19(21)24/h6,8,10,14,22H,1-5,7,9,11-13,15H2,(H,20,24). The van der Waals surface area contributed by atoms with Crippen molar-refractivity contribution >= 4 is 17.6 Å². The van der Waals surface area contributed by atoms with Crippen molar-refractivity contribution in [2.75, 3.05) is 31.3 Å². The SMILES string of the molecule is O=C1CNC(=O)N1c1cccc(CCCOCCCCCCCO)c1. The Bertz CT molecular complexity index is 546. The predicted octanol–water partition coefficient (Wildman–Crippen LogP) is 2.63. The van der Waals surface area contributed by atoms with E-state index in [1.54, 1.807) is 6.07 Å². The summed E-state index contributed by atoms with van der Waals surface area (Å²) in [4.78, 5) is 24.6. The predicted molar refractivity (Wildman–Crippen MR) is 96.6 cm³/mol. The van der Waals surface area contributed by atoms with Gasteiger partial charge in [-0.1, -0.05) is 31.4 Å². The Morgan fingerprint density at radius 3 is 2.56 bits per heavy atom. The van der Waals surface area contributed by atoms with Gasteiger partial charge in [0.15, 0.2) is 0 Å². The van der Waals surface area contributed by atoms with Crippen LogP contribution >= 0.6 is 0 Å². The first-order valence-corrected chi connectivity index (χ1v) is 9.10. The second-order valence-corrected chi connectivity index (χ2v) is 6.27. The van der Waals surface area contributed by atoms with Gasteiger partial charge in [0.25, 0.3) is 5.91 Å². The molecule has 0 spiro atoms. The number of urea groups is 1. The highest BCUT2D eigenvalue weighted by Crippen LogP contribution is 2.19. The van der Waals surface area contributed by atoms with Gasteiger partial charge in [-0.15, -0.1) is 0 Å². The molecule has 1 aromatic rings. The van der Waals surface area contributed by atoms with E-state index in [1.165, 1.54) is 4.90 Å². The van der Waals surface area contributed by atoms with Crippen molar-refractivity contribution in [1.29, 1.82) is 0 Å². The van der Waals surface area contributed by atoms with Gasteiger partial charge >= 0.3 is 6.03 Å². The molecular weight excluding hydrogens is 320 g/mol. The lowest BCUT2D eigenvalue weighted by Gasteiger charge is -2.13. The number of aliphatic hydroxyl groups excluding tert-OH is 1. The van der Waals surface area contributed by atoms with Gasteiger partial charge in [-0.3, -0.25) is 4.79 Å². The fraction of sp³-hybridized carbons (Fsp3) is 0.579. The van der Waals surface area contributed by atoms with Gasteiger partial charge in [0.1, 0.15) is 0 Å². The van der Waals surface area contributed by atoms with Gasteiger partial charge in [0, 0.05) is 19.8 Å². The quantitative estimate of drug-likeness (QED) is 0.450. The zero-order valence-corrected chi connectivity index (χ0v) is 14.7. The molecule has 1 saturated heterocycles. The van der Waals surface area contributed by atoms with Crippen molar-refractivity contribution in [2.24, 2.45) is 0 Å². The number of unbranched alkanes of at least 4 members (excludes halogenated alkanes) is 4. The third-order valence-electron chi connectivity index (χ3n) is 4.21. The molecule has 0 aliphatic carbocycles. The molecule has 0 radical (unpaired) electrons. The summed E-state index contributed by atoms with van der Waals surface area (Å²) >= 11 is 0. The van der Waals surface area contributed by atoms with Crippen LogP contribution in [0.3, 0.4) is 0 Å². The third kappa shape index (κ3) is 6.48. The number of hydrogen-bond acceptors (Lipinski definition) is 4. The van der Waals surface area contributed by atoms with Gasteiger partial charge in [0.05, 0.1) is 12.2 Å². The van der Waals surface area contributed by atoms with Crippen molar-refractivity contribution in [3.8, 4) is 0 Å². The van der Waals surface area contributed by atoms with Crippen molar-refractivity contribution in [3.63, 3.8) is 0 Å². The number of imide groups is 1. The van der Waals surface area contributed by atoms with Crippen molar-refractivity contribution < 1.29 is 19.4 Å². The number of aliphatic hydroxyl groups is 1. The monoisotopic (exact) mass is 348 g/mol. The zero-order valence-electron chi connectivity index (χ0n) is 14.7. The largest absolute Gasteiger partial charge is 0.396 e. The normalized spacial score (nSPS) is 14.2. The van der Waals surface area contributed by atoms with Crippen LogP contribution in [0.25, 0.3) is 0 Å². The van der Waals surface area contributed by atoms with E-state index in [0.29, 0.717) is 12.3 Å². The Morgan fingerprint density at radius 2 is 1.80 bits per heavy atom. The van der Waals surface area contributed by atoms with E-state index in [9.17, 15) is 9.59 Å². The molecule has 2 N–H and O–H groups in total. The van der Waals surface area contributed by atoms with Gasteiger partial charge in [0.2, 0.25) is 0 Å². The molecule has 0 bridgehead atoms. The number of benzene rings is 1. The van der Waals surface area contributed by atoms with Crippen LogP contribution in [-0.4, -0.2) is 43.4 Å². The number of ether oxygens (including phenoxy) is 1. The average molecular weight is 348 g/mol. The first-order valence-electron chi connectivity index (χ1n) is 9.10. The first kappa shape index (κ1) is 19.4. The number of amides is 3. The smallest absolute Gasteiger partial charge is 0.329 e. The summed E-state index contributed by atoms with van der Waals surface area (Å²) in [5.41, 5.74) is 1.72. The average Bonchev–Trinajstić information content (AvgIpc) is 2.95. The molecule has 1 fully saturated rings. The number of carbonyl (C=O) groups is 2. The summed E-state index contributed by atoms with van der Waals surface area (Å²) < 4.78 is 5.65. The van der Waals surface area contributed by atoms with E-state index in [0.717, 1.165) is 57.1 Å². The Balaban J connectivity index is 1.62. The van der Waals surface area contributed by atoms with Gasteiger partial charge < -0.3 is 15.2 Å². The number of rotatable bonds is 12. The lowest BCUT2D eigenvalue weighted by atomic mass is 10.1. The lowest BCUT2D eigenvalue weighted by molar-refractivity contribution is -0.115.